The Balaban J connectivity index is 1.85. The Labute approximate surface area is 92.9 Å². The number of nitrogens with one attached hydrogen (secondary N) is 2. The van der Waals surface area contributed by atoms with Gasteiger partial charge in [-0.1, -0.05) is 0 Å². The molecule has 7 heteroatoms. The highest BCUT2D eigenvalue weighted by molar-refractivity contribution is 5.45. The maximum Gasteiger partial charge on any atom is 0.137 e. The van der Waals surface area contributed by atoms with E-state index in [0.717, 1.165) is 24.7 Å². The van der Waals surface area contributed by atoms with E-state index in [2.05, 4.69) is 30.7 Å². The van der Waals surface area contributed by atoms with Gasteiger partial charge in [-0.15, -0.1) is 0 Å². The summed E-state index contributed by atoms with van der Waals surface area (Å²) in [6, 6.07) is 1.85. The van der Waals surface area contributed by atoms with Crippen molar-refractivity contribution in [1.82, 2.24) is 24.7 Å². The van der Waals surface area contributed by atoms with Crippen LogP contribution in [0.4, 0.5) is 11.6 Å². The smallest absolute Gasteiger partial charge is 0.137 e. The van der Waals surface area contributed by atoms with Crippen LogP contribution in [0, 0.1) is 0 Å². The van der Waals surface area contributed by atoms with Gasteiger partial charge >= 0.3 is 0 Å². The predicted octanol–water partition coefficient (Wildman–Crippen LogP) is 0.222. The van der Waals surface area contributed by atoms with E-state index >= 15 is 0 Å². The molecule has 0 amide bonds. The van der Waals surface area contributed by atoms with E-state index in [1.807, 2.05) is 13.1 Å². The second-order valence-electron chi connectivity index (χ2n) is 3.12. The predicted molar refractivity (Wildman–Crippen MR) is 60.1 cm³/mol. The summed E-state index contributed by atoms with van der Waals surface area (Å²) in [5, 5.41) is 10.1. The molecule has 16 heavy (non-hydrogen) atoms. The first-order chi connectivity index (χ1) is 7.88. The summed E-state index contributed by atoms with van der Waals surface area (Å²) in [6.45, 7) is 1.49. The molecule has 2 N–H and O–H groups in total. The first-order valence-electron chi connectivity index (χ1n) is 4.94. The summed E-state index contributed by atoms with van der Waals surface area (Å²) in [4.78, 5) is 12.0. The Hall–Kier alpha value is -2.18. The van der Waals surface area contributed by atoms with Crippen molar-refractivity contribution < 1.29 is 0 Å². The minimum atomic E-state index is 0.740. The lowest BCUT2D eigenvalue weighted by Gasteiger charge is -2.06. The molecule has 0 atom stereocenters. The summed E-state index contributed by atoms with van der Waals surface area (Å²) in [7, 11) is 1.82. The number of nitrogens with zero attached hydrogens (tertiary/aromatic N) is 5. The number of hydrogen-bond donors (Lipinski definition) is 2. The molecule has 0 aliphatic carbocycles. The third-order valence-electron chi connectivity index (χ3n) is 2.04. The Bertz CT molecular complexity index is 425. The van der Waals surface area contributed by atoms with E-state index in [4.69, 9.17) is 0 Å². The molecular weight excluding hydrogens is 206 g/mol. The molecular formula is C9H13N7. The lowest BCUT2D eigenvalue weighted by Crippen LogP contribution is -2.12. The van der Waals surface area contributed by atoms with Crippen LogP contribution in [-0.2, 0) is 6.54 Å². The number of rotatable bonds is 5. The van der Waals surface area contributed by atoms with Crippen molar-refractivity contribution >= 4 is 11.6 Å². The first kappa shape index (κ1) is 10.3. The second kappa shape index (κ2) is 5.06. The summed E-state index contributed by atoms with van der Waals surface area (Å²) < 4.78 is 1.76. The van der Waals surface area contributed by atoms with E-state index in [9.17, 15) is 0 Å². The van der Waals surface area contributed by atoms with Crippen molar-refractivity contribution in [3.8, 4) is 0 Å². The summed E-state index contributed by atoms with van der Waals surface area (Å²) in [5.41, 5.74) is 0. The molecule has 2 aromatic heterocycles. The molecule has 0 aromatic carbocycles. The van der Waals surface area contributed by atoms with Crippen LogP contribution < -0.4 is 10.6 Å². The highest BCUT2D eigenvalue weighted by Gasteiger charge is 1.96. The van der Waals surface area contributed by atoms with Crippen LogP contribution in [0.15, 0.2) is 25.0 Å². The van der Waals surface area contributed by atoms with E-state index in [1.54, 1.807) is 11.0 Å². The normalized spacial score (nSPS) is 10.1. The fourth-order valence-electron chi connectivity index (χ4n) is 1.24. The van der Waals surface area contributed by atoms with Gasteiger partial charge < -0.3 is 10.6 Å². The van der Waals surface area contributed by atoms with Crippen LogP contribution in [0.2, 0.25) is 0 Å². The Morgan fingerprint density at radius 1 is 1.25 bits per heavy atom. The molecule has 0 saturated carbocycles. The maximum atomic E-state index is 4.10. The van der Waals surface area contributed by atoms with E-state index < -0.39 is 0 Å². The van der Waals surface area contributed by atoms with Gasteiger partial charge in [-0.2, -0.15) is 5.10 Å². The standard InChI is InChI=1S/C9H13N7/c1-10-8-4-9(14-6-13-8)12-2-3-16-7-11-5-15-16/h4-7H,2-3H2,1H3,(H2,10,12,13,14). The molecule has 0 radical (unpaired) electrons. The molecule has 0 fully saturated rings. The minimum Gasteiger partial charge on any atom is -0.373 e. The van der Waals surface area contributed by atoms with Gasteiger partial charge in [-0.05, 0) is 0 Å². The molecule has 2 rings (SSSR count). The van der Waals surface area contributed by atoms with Crippen LogP contribution >= 0.6 is 0 Å². The summed E-state index contributed by atoms with van der Waals surface area (Å²) >= 11 is 0. The van der Waals surface area contributed by atoms with Gasteiger partial charge in [0, 0.05) is 19.7 Å². The number of aromatic nitrogens is 5. The van der Waals surface area contributed by atoms with Crippen molar-refractivity contribution in [2.75, 3.05) is 24.2 Å². The van der Waals surface area contributed by atoms with Crippen molar-refractivity contribution in [3.63, 3.8) is 0 Å². The average Bonchev–Trinajstić information content (AvgIpc) is 2.82. The molecule has 0 unspecified atom stereocenters. The molecule has 84 valence electrons. The monoisotopic (exact) mass is 219 g/mol. The minimum absolute atomic E-state index is 0.740. The van der Waals surface area contributed by atoms with Gasteiger partial charge in [0.2, 0.25) is 0 Å². The molecule has 0 spiro atoms. The topological polar surface area (TPSA) is 80.5 Å². The first-order valence-corrected chi connectivity index (χ1v) is 4.94. The van der Waals surface area contributed by atoms with E-state index in [1.165, 1.54) is 12.7 Å². The lowest BCUT2D eigenvalue weighted by molar-refractivity contribution is 0.635. The van der Waals surface area contributed by atoms with Crippen LogP contribution in [0.3, 0.4) is 0 Å². The van der Waals surface area contributed by atoms with Crippen LogP contribution in [0.5, 0.6) is 0 Å². The van der Waals surface area contributed by atoms with Crippen molar-refractivity contribution in [2.24, 2.45) is 0 Å². The van der Waals surface area contributed by atoms with E-state index in [-0.39, 0.29) is 0 Å². The zero-order chi connectivity index (χ0) is 11.2. The van der Waals surface area contributed by atoms with Crippen molar-refractivity contribution in [3.05, 3.63) is 25.0 Å². The quantitative estimate of drug-likeness (QED) is 0.749. The molecule has 0 bridgehead atoms. The van der Waals surface area contributed by atoms with Gasteiger partial charge in [0.25, 0.3) is 0 Å². The molecule has 7 nitrogen and oxygen atoms in total. The third-order valence-corrected chi connectivity index (χ3v) is 2.04. The zero-order valence-electron chi connectivity index (χ0n) is 8.96. The van der Waals surface area contributed by atoms with Gasteiger partial charge in [0.05, 0.1) is 6.54 Å². The lowest BCUT2D eigenvalue weighted by atomic mass is 10.5. The number of hydrogen-bond acceptors (Lipinski definition) is 6. The van der Waals surface area contributed by atoms with Crippen molar-refractivity contribution in [2.45, 2.75) is 6.54 Å². The largest absolute Gasteiger partial charge is 0.373 e. The Morgan fingerprint density at radius 3 is 2.88 bits per heavy atom. The highest BCUT2D eigenvalue weighted by atomic mass is 15.3. The average molecular weight is 219 g/mol. The fourth-order valence-corrected chi connectivity index (χ4v) is 1.24. The summed E-state index contributed by atoms with van der Waals surface area (Å²) in [6.07, 6.45) is 4.72. The maximum absolute atomic E-state index is 4.10. The SMILES string of the molecule is CNc1cc(NCCn2cncn2)ncn1. The van der Waals surface area contributed by atoms with Crippen LogP contribution in [0.25, 0.3) is 0 Å². The summed E-state index contributed by atoms with van der Waals surface area (Å²) in [5.74, 6) is 1.58. The molecule has 0 aliphatic heterocycles. The Kier molecular flexibility index (Phi) is 3.27. The molecule has 2 aromatic rings. The van der Waals surface area contributed by atoms with Crippen molar-refractivity contribution in [1.29, 1.82) is 0 Å². The second-order valence-corrected chi connectivity index (χ2v) is 3.12. The van der Waals surface area contributed by atoms with Gasteiger partial charge in [-0.3, -0.25) is 4.68 Å². The van der Waals surface area contributed by atoms with Crippen LogP contribution in [0.1, 0.15) is 0 Å². The zero-order valence-corrected chi connectivity index (χ0v) is 8.96. The third kappa shape index (κ3) is 2.66. The fraction of sp³-hybridized carbons (Fsp3) is 0.333. The van der Waals surface area contributed by atoms with Gasteiger partial charge in [0.15, 0.2) is 0 Å². The molecule has 0 saturated heterocycles. The van der Waals surface area contributed by atoms with Gasteiger partial charge in [-0.25, -0.2) is 15.0 Å². The molecule has 0 aliphatic rings. The Morgan fingerprint density at radius 2 is 2.12 bits per heavy atom. The van der Waals surface area contributed by atoms with Gasteiger partial charge in [0.1, 0.15) is 30.6 Å². The van der Waals surface area contributed by atoms with E-state index in [0.29, 0.717) is 0 Å². The van der Waals surface area contributed by atoms with Crippen LogP contribution in [-0.4, -0.2) is 38.3 Å². The highest BCUT2D eigenvalue weighted by Crippen LogP contribution is 2.06. The number of anilines is 2. The molecule has 2 heterocycles.